The summed E-state index contributed by atoms with van der Waals surface area (Å²) in [6, 6.07) is 6.42. The lowest BCUT2D eigenvalue weighted by Gasteiger charge is -2.22. The van der Waals surface area contributed by atoms with Crippen LogP contribution in [-0.4, -0.2) is 32.5 Å². The van der Waals surface area contributed by atoms with Crippen LogP contribution in [0.5, 0.6) is 5.75 Å². The largest absolute Gasteiger partial charge is 0.485 e. The molecule has 0 saturated heterocycles. The molecule has 0 bridgehead atoms. The summed E-state index contributed by atoms with van der Waals surface area (Å²) in [5.74, 6) is 1.96. The molecule has 1 aliphatic carbocycles. The molecule has 1 aromatic heterocycles. The molecule has 1 N–H and O–H groups in total. The number of nitrogens with one attached hydrogen (secondary N) is 1. The number of carbonyl (C=O) groups is 1. The monoisotopic (exact) mass is 414 g/mol. The summed E-state index contributed by atoms with van der Waals surface area (Å²) < 4.78 is 7.91. The summed E-state index contributed by atoms with van der Waals surface area (Å²) in [4.78, 5) is 12.3. The molecule has 3 rings (SSSR count). The summed E-state index contributed by atoms with van der Waals surface area (Å²) in [7, 11) is 0. The van der Waals surface area contributed by atoms with Crippen LogP contribution in [0.4, 0.5) is 0 Å². The first kappa shape index (κ1) is 21.4. The summed E-state index contributed by atoms with van der Waals surface area (Å²) in [6.45, 7) is 8.81. The Kier molecular flexibility index (Phi) is 7.75. The third-order valence-corrected chi connectivity index (χ3v) is 6.06. The first-order chi connectivity index (χ1) is 14.1. The van der Waals surface area contributed by atoms with E-state index in [0.29, 0.717) is 30.1 Å². The van der Waals surface area contributed by atoms with E-state index in [9.17, 15) is 4.79 Å². The second-order valence-electron chi connectivity index (χ2n) is 7.55. The van der Waals surface area contributed by atoms with E-state index in [4.69, 9.17) is 4.74 Å². The van der Waals surface area contributed by atoms with Gasteiger partial charge in [-0.2, -0.15) is 0 Å². The van der Waals surface area contributed by atoms with E-state index in [1.165, 1.54) is 36.6 Å². The van der Waals surface area contributed by atoms with E-state index >= 15 is 0 Å². The molecule has 1 fully saturated rings. The van der Waals surface area contributed by atoms with Gasteiger partial charge in [0.05, 0.1) is 5.75 Å². The quantitative estimate of drug-likeness (QED) is 0.492. The molecule has 0 unspecified atom stereocenters. The molecule has 2 aromatic rings. The topological polar surface area (TPSA) is 69.0 Å². The fourth-order valence-corrected chi connectivity index (χ4v) is 4.37. The van der Waals surface area contributed by atoms with Crippen molar-refractivity contribution >= 4 is 17.7 Å². The fourth-order valence-electron chi connectivity index (χ4n) is 3.59. The average molecular weight is 415 g/mol. The van der Waals surface area contributed by atoms with Crippen LogP contribution in [0.3, 0.4) is 0 Å². The minimum atomic E-state index is 0.0585. The van der Waals surface area contributed by atoms with Gasteiger partial charge in [0.1, 0.15) is 12.4 Å². The maximum Gasteiger partial charge on any atom is 0.230 e. The highest BCUT2D eigenvalue weighted by atomic mass is 32.2. The highest BCUT2D eigenvalue weighted by molar-refractivity contribution is 7.99. The Labute approximate surface area is 177 Å². The van der Waals surface area contributed by atoms with Crippen molar-refractivity contribution in [3.05, 3.63) is 47.8 Å². The second kappa shape index (κ2) is 10.5. The number of thioether (sulfide) groups is 1. The van der Waals surface area contributed by atoms with Gasteiger partial charge in [0.25, 0.3) is 0 Å². The minimum absolute atomic E-state index is 0.0585. The summed E-state index contributed by atoms with van der Waals surface area (Å²) in [5, 5.41) is 12.4. The zero-order valence-electron chi connectivity index (χ0n) is 17.3. The number of hydrogen-bond donors (Lipinski definition) is 1. The van der Waals surface area contributed by atoms with Gasteiger partial charge in [-0.25, -0.2) is 0 Å². The van der Waals surface area contributed by atoms with E-state index < -0.39 is 0 Å². The van der Waals surface area contributed by atoms with Crippen molar-refractivity contribution in [1.82, 2.24) is 20.1 Å². The zero-order chi connectivity index (χ0) is 20.6. The lowest BCUT2D eigenvalue weighted by molar-refractivity contribution is -0.119. The zero-order valence-corrected chi connectivity index (χ0v) is 18.1. The molecule has 0 spiro atoms. The number of aryl methyl sites for hydroxylation is 2. The lowest BCUT2D eigenvalue weighted by atomic mass is 9.95. The number of benzene rings is 1. The highest BCUT2D eigenvalue weighted by Crippen LogP contribution is 2.22. The van der Waals surface area contributed by atoms with E-state index in [1.54, 1.807) is 6.08 Å². The van der Waals surface area contributed by atoms with Gasteiger partial charge in [-0.3, -0.25) is 9.36 Å². The lowest BCUT2D eigenvalue weighted by Crippen LogP contribution is -2.37. The first-order valence-electron chi connectivity index (χ1n) is 10.2. The van der Waals surface area contributed by atoms with Gasteiger partial charge in [0.15, 0.2) is 11.0 Å². The molecular formula is C22H30N4O2S. The van der Waals surface area contributed by atoms with Crippen molar-refractivity contribution in [2.24, 2.45) is 0 Å². The Morgan fingerprint density at radius 2 is 2.10 bits per heavy atom. The normalized spacial score (nSPS) is 14.6. The van der Waals surface area contributed by atoms with Gasteiger partial charge in [0, 0.05) is 12.6 Å². The Hall–Kier alpha value is -2.28. The number of hydrogen-bond acceptors (Lipinski definition) is 5. The van der Waals surface area contributed by atoms with E-state index in [1.807, 2.05) is 23.6 Å². The maximum atomic E-state index is 12.3. The number of nitrogens with zero attached hydrogens (tertiary/aromatic N) is 3. The number of rotatable bonds is 9. The minimum Gasteiger partial charge on any atom is -0.485 e. The van der Waals surface area contributed by atoms with Crippen molar-refractivity contribution in [2.45, 2.75) is 70.3 Å². The smallest absolute Gasteiger partial charge is 0.230 e. The molecule has 1 amide bonds. The Bertz CT molecular complexity index is 843. The summed E-state index contributed by atoms with van der Waals surface area (Å²) in [5.41, 5.74) is 2.30. The molecular weight excluding hydrogens is 384 g/mol. The predicted molar refractivity (Wildman–Crippen MR) is 116 cm³/mol. The molecule has 1 aromatic carbocycles. The number of ether oxygens (including phenoxy) is 1. The molecule has 7 heteroatoms. The van der Waals surface area contributed by atoms with Crippen LogP contribution in [0, 0.1) is 13.8 Å². The standard InChI is InChI=1S/C22H30N4O2S/c1-4-12-26-20(14-28-19-11-10-16(2)13-17(19)3)24-25-22(26)29-15-21(27)23-18-8-6-5-7-9-18/h4,10-11,13,18H,1,5-9,12,14-15H2,2-3H3,(H,23,27). The SMILES string of the molecule is C=CCn1c(COc2ccc(C)cc2C)nnc1SCC(=O)NC1CCCCC1. The molecule has 29 heavy (non-hydrogen) atoms. The van der Waals surface area contributed by atoms with Crippen LogP contribution < -0.4 is 10.1 Å². The van der Waals surface area contributed by atoms with Gasteiger partial charge in [-0.15, -0.1) is 16.8 Å². The van der Waals surface area contributed by atoms with Crippen LogP contribution in [0.15, 0.2) is 36.0 Å². The van der Waals surface area contributed by atoms with Crippen LogP contribution >= 0.6 is 11.8 Å². The van der Waals surface area contributed by atoms with Crippen molar-refractivity contribution in [3.63, 3.8) is 0 Å². The number of carbonyl (C=O) groups excluding carboxylic acids is 1. The predicted octanol–water partition coefficient (Wildman–Crippen LogP) is 4.20. The number of aromatic nitrogens is 3. The first-order valence-corrected chi connectivity index (χ1v) is 11.2. The average Bonchev–Trinajstić information content (AvgIpc) is 3.08. The molecule has 1 saturated carbocycles. The van der Waals surface area contributed by atoms with Gasteiger partial charge in [0.2, 0.25) is 5.91 Å². The Morgan fingerprint density at radius 3 is 2.83 bits per heavy atom. The summed E-state index contributed by atoms with van der Waals surface area (Å²) in [6.07, 6.45) is 7.66. The molecule has 0 aliphatic heterocycles. The number of allylic oxidation sites excluding steroid dienone is 1. The van der Waals surface area contributed by atoms with Crippen molar-refractivity contribution in [2.75, 3.05) is 5.75 Å². The second-order valence-corrected chi connectivity index (χ2v) is 8.49. The van der Waals surface area contributed by atoms with Crippen molar-refractivity contribution in [1.29, 1.82) is 0 Å². The van der Waals surface area contributed by atoms with Crippen LogP contribution in [-0.2, 0) is 17.9 Å². The van der Waals surface area contributed by atoms with Crippen LogP contribution in [0.2, 0.25) is 0 Å². The van der Waals surface area contributed by atoms with E-state index in [2.05, 4.69) is 35.1 Å². The fraction of sp³-hybridized carbons (Fsp3) is 0.500. The van der Waals surface area contributed by atoms with Gasteiger partial charge in [-0.1, -0.05) is 54.8 Å². The van der Waals surface area contributed by atoms with Crippen molar-refractivity contribution < 1.29 is 9.53 Å². The molecule has 0 radical (unpaired) electrons. The maximum absolute atomic E-state index is 12.3. The molecule has 1 heterocycles. The van der Waals surface area contributed by atoms with E-state index in [-0.39, 0.29) is 5.91 Å². The third-order valence-electron chi connectivity index (χ3n) is 5.09. The Morgan fingerprint density at radius 1 is 1.31 bits per heavy atom. The molecule has 6 nitrogen and oxygen atoms in total. The highest BCUT2D eigenvalue weighted by Gasteiger charge is 2.18. The van der Waals surface area contributed by atoms with Gasteiger partial charge < -0.3 is 10.1 Å². The molecule has 1 aliphatic rings. The molecule has 0 atom stereocenters. The van der Waals surface area contributed by atoms with Crippen LogP contribution in [0.25, 0.3) is 0 Å². The van der Waals surface area contributed by atoms with Gasteiger partial charge >= 0.3 is 0 Å². The van der Waals surface area contributed by atoms with E-state index in [0.717, 1.165) is 30.0 Å². The third kappa shape index (κ3) is 6.10. The number of amides is 1. The van der Waals surface area contributed by atoms with Gasteiger partial charge in [-0.05, 0) is 38.3 Å². The Balaban J connectivity index is 1.58. The van der Waals surface area contributed by atoms with Crippen molar-refractivity contribution in [3.8, 4) is 5.75 Å². The molecule has 156 valence electrons. The summed E-state index contributed by atoms with van der Waals surface area (Å²) >= 11 is 1.41. The van der Waals surface area contributed by atoms with Crippen LogP contribution in [0.1, 0.15) is 49.1 Å².